The molecule has 2 aliphatic heterocycles. The SMILES string of the molecule is CCNC(Cc1nc(C2CC3CCC2O3)no1)C1CC1. The highest BCUT2D eigenvalue weighted by atomic mass is 16.5. The van der Waals surface area contributed by atoms with Crippen molar-refractivity contribution in [3.63, 3.8) is 0 Å². The fourth-order valence-electron chi connectivity index (χ4n) is 3.77. The van der Waals surface area contributed by atoms with Crippen molar-refractivity contribution in [2.24, 2.45) is 5.92 Å². The summed E-state index contributed by atoms with van der Waals surface area (Å²) in [5.41, 5.74) is 0. The average Bonchev–Trinajstić information content (AvgIpc) is 2.88. The number of ether oxygens (including phenoxy) is 1. The van der Waals surface area contributed by atoms with Gasteiger partial charge in [-0.2, -0.15) is 4.98 Å². The topological polar surface area (TPSA) is 60.2 Å². The van der Waals surface area contributed by atoms with Gasteiger partial charge in [-0.15, -0.1) is 0 Å². The summed E-state index contributed by atoms with van der Waals surface area (Å²) in [4.78, 5) is 4.65. The standard InChI is InChI=1S/C15H23N3O2/c1-2-16-12(9-3-4-9)8-14-17-15(18-20-14)11-7-10-5-6-13(11)19-10/h9-13,16H,2-8H2,1H3. The van der Waals surface area contributed by atoms with Gasteiger partial charge in [0.15, 0.2) is 5.82 Å². The lowest BCUT2D eigenvalue weighted by Crippen LogP contribution is -2.33. The summed E-state index contributed by atoms with van der Waals surface area (Å²) >= 11 is 0. The molecule has 1 aromatic rings. The summed E-state index contributed by atoms with van der Waals surface area (Å²) < 4.78 is 11.4. The van der Waals surface area contributed by atoms with Crippen molar-refractivity contribution < 1.29 is 9.26 Å². The lowest BCUT2D eigenvalue weighted by atomic mass is 9.89. The second-order valence-corrected chi connectivity index (χ2v) is 6.47. The molecule has 0 amide bonds. The molecular formula is C15H23N3O2. The van der Waals surface area contributed by atoms with Gasteiger partial charge in [0.1, 0.15) is 0 Å². The van der Waals surface area contributed by atoms with Crippen LogP contribution in [0.2, 0.25) is 0 Å². The van der Waals surface area contributed by atoms with E-state index in [1.54, 1.807) is 0 Å². The molecule has 3 heterocycles. The summed E-state index contributed by atoms with van der Waals surface area (Å²) in [5, 5.41) is 7.76. The van der Waals surface area contributed by atoms with Crippen LogP contribution in [0.3, 0.4) is 0 Å². The molecule has 4 unspecified atom stereocenters. The van der Waals surface area contributed by atoms with Crippen molar-refractivity contribution in [3.05, 3.63) is 11.7 Å². The molecule has 5 heteroatoms. The summed E-state index contributed by atoms with van der Waals surface area (Å²) in [6.07, 6.45) is 7.73. The van der Waals surface area contributed by atoms with E-state index in [0.717, 1.165) is 43.4 Å². The van der Waals surface area contributed by atoms with Crippen molar-refractivity contribution in [2.75, 3.05) is 6.54 Å². The average molecular weight is 277 g/mol. The smallest absolute Gasteiger partial charge is 0.228 e. The van der Waals surface area contributed by atoms with Crippen LogP contribution >= 0.6 is 0 Å². The van der Waals surface area contributed by atoms with Crippen LogP contribution in [0.5, 0.6) is 0 Å². The predicted molar refractivity (Wildman–Crippen MR) is 73.4 cm³/mol. The Bertz CT molecular complexity index is 471. The number of rotatable bonds is 6. The third kappa shape index (κ3) is 2.37. The number of nitrogens with zero attached hydrogens (tertiary/aromatic N) is 2. The maximum atomic E-state index is 5.88. The Kier molecular flexibility index (Phi) is 3.27. The molecule has 0 aromatic carbocycles. The Morgan fingerprint density at radius 1 is 1.30 bits per heavy atom. The van der Waals surface area contributed by atoms with Crippen molar-refractivity contribution >= 4 is 0 Å². The maximum Gasteiger partial charge on any atom is 0.228 e. The van der Waals surface area contributed by atoms with E-state index < -0.39 is 0 Å². The maximum absolute atomic E-state index is 5.88. The van der Waals surface area contributed by atoms with Gasteiger partial charge in [-0.3, -0.25) is 0 Å². The molecule has 4 atom stereocenters. The highest BCUT2D eigenvalue weighted by Crippen LogP contribution is 2.43. The van der Waals surface area contributed by atoms with E-state index in [2.05, 4.69) is 22.4 Å². The Labute approximate surface area is 119 Å². The van der Waals surface area contributed by atoms with Crippen LogP contribution in [0.4, 0.5) is 0 Å². The third-order valence-electron chi connectivity index (χ3n) is 4.97. The first-order valence-corrected chi connectivity index (χ1v) is 8.04. The monoisotopic (exact) mass is 277 g/mol. The lowest BCUT2D eigenvalue weighted by molar-refractivity contribution is 0.0996. The fourth-order valence-corrected chi connectivity index (χ4v) is 3.77. The van der Waals surface area contributed by atoms with Crippen LogP contribution in [0.1, 0.15) is 56.7 Å². The van der Waals surface area contributed by atoms with Crippen molar-refractivity contribution in [1.29, 1.82) is 0 Å². The molecule has 0 spiro atoms. The molecule has 2 saturated heterocycles. The van der Waals surface area contributed by atoms with E-state index in [4.69, 9.17) is 9.26 Å². The molecule has 2 bridgehead atoms. The Hall–Kier alpha value is -0.940. The van der Waals surface area contributed by atoms with Crippen molar-refractivity contribution in [2.45, 2.75) is 69.6 Å². The second-order valence-electron chi connectivity index (χ2n) is 6.47. The van der Waals surface area contributed by atoms with Gasteiger partial charge in [0.05, 0.1) is 18.1 Å². The molecule has 0 radical (unpaired) electrons. The van der Waals surface area contributed by atoms with Gasteiger partial charge in [-0.25, -0.2) is 0 Å². The van der Waals surface area contributed by atoms with E-state index in [0.29, 0.717) is 24.2 Å². The number of hydrogen-bond acceptors (Lipinski definition) is 5. The predicted octanol–water partition coefficient (Wildman–Crippen LogP) is 2.04. The zero-order valence-electron chi connectivity index (χ0n) is 12.0. The van der Waals surface area contributed by atoms with E-state index in [9.17, 15) is 0 Å². The zero-order valence-corrected chi connectivity index (χ0v) is 12.0. The molecule has 3 fully saturated rings. The minimum absolute atomic E-state index is 0.332. The molecule has 20 heavy (non-hydrogen) atoms. The van der Waals surface area contributed by atoms with Crippen molar-refractivity contribution in [3.8, 4) is 0 Å². The van der Waals surface area contributed by atoms with E-state index >= 15 is 0 Å². The van der Waals surface area contributed by atoms with Gasteiger partial charge in [-0.05, 0) is 44.6 Å². The first-order chi connectivity index (χ1) is 9.83. The Morgan fingerprint density at radius 2 is 2.20 bits per heavy atom. The molecule has 1 aliphatic carbocycles. The zero-order chi connectivity index (χ0) is 13.5. The lowest BCUT2D eigenvalue weighted by Gasteiger charge is -2.15. The van der Waals surface area contributed by atoms with E-state index in [1.807, 2.05) is 0 Å². The Balaban J connectivity index is 1.42. The highest BCUT2D eigenvalue weighted by Gasteiger charge is 2.43. The van der Waals surface area contributed by atoms with Crippen molar-refractivity contribution in [1.82, 2.24) is 15.5 Å². The van der Waals surface area contributed by atoms with Crippen LogP contribution in [-0.2, 0) is 11.2 Å². The van der Waals surface area contributed by atoms with Crippen LogP contribution in [0.25, 0.3) is 0 Å². The first kappa shape index (κ1) is 12.8. The first-order valence-electron chi connectivity index (χ1n) is 8.04. The van der Waals surface area contributed by atoms with Crippen LogP contribution in [0.15, 0.2) is 4.52 Å². The summed E-state index contributed by atoms with van der Waals surface area (Å²) in [7, 11) is 0. The van der Waals surface area contributed by atoms with Crippen LogP contribution in [0, 0.1) is 5.92 Å². The van der Waals surface area contributed by atoms with Gasteiger partial charge in [0, 0.05) is 12.5 Å². The van der Waals surface area contributed by atoms with Gasteiger partial charge in [0.2, 0.25) is 5.89 Å². The molecule has 1 saturated carbocycles. The summed E-state index contributed by atoms with van der Waals surface area (Å²) in [6.45, 7) is 3.16. The van der Waals surface area contributed by atoms with E-state index in [-0.39, 0.29) is 0 Å². The Morgan fingerprint density at radius 3 is 2.85 bits per heavy atom. The molecule has 4 rings (SSSR count). The normalized spacial score (nSPS) is 33.8. The third-order valence-corrected chi connectivity index (χ3v) is 4.97. The molecular weight excluding hydrogens is 254 g/mol. The van der Waals surface area contributed by atoms with Crippen LogP contribution in [-0.4, -0.2) is 34.9 Å². The number of hydrogen-bond donors (Lipinski definition) is 1. The molecule has 1 N–H and O–H groups in total. The number of nitrogens with one attached hydrogen (secondary N) is 1. The van der Waals surface area contributed by atoms with Crippen LogP contribution < -0.4 is 5.32 Å². The second kappa shape index (κ2) is 5.11. The quantitative estimate of drug-likeness (QED) is 0.862. The minimum Gasteiger partial charge on any atom is -0.374 e. The minimum atomic E-state index is 0.332. The fraction of sp³-hybridized carbons (Fsp3) is 0.867. The molecule has 3 aliphatic rings. The summed E-state index contributed by atoms with van der Waals surface area (Å²) in [6, 6.07) is 0.504. The van der Waals surface area contributed by atoms with Gasteiger partial charge >= 0.3 is 0 Å². The molecule has 5 nitrogen and oxygen atoms in total. The number of likely N-dealkylation sites (N-methyl/N-ethyl adjacent to an activating group) is 1. The highest BCUT2D eigenvalue weighted by molar-refractivity contribution is 5.07. The summed E-state index contributed by atoms with van der Waals surface area (Å²) in [5.74, 6) is 2.83. The van der Waals surface area contributed by atoms with E-state index in [1.165, 1.54) is 19.3 Å². The largest absolute Gasteiger partial charge is 0.374 e. The van der Waals surface area contributed by atoms with Gasteiger partial charge in [-0.1, -0.05) is 12.1 Å². The van der Waals surface area contributed by atoms with Gasteiger partial charge in [0.25, 0.3) is 0 Å². The number of fused-ring (bicyclic) bond motifs is 2. The number of aromatic nitrogens is 2. The molecule has 110 valence electrons. The molecule has 1 aromatic heterocycles. The van der Waals surface area contributed by atoms with Gasteiger partial charge < -0.3 is 14.6 Å².